The fourth-order valence-corrected chi connectivity index (χ4v) is 5.18. The van der Waals surface area contributed by atoms with Crippen LogP contribution in [-0.4, -0.2) is 23.6 Å². The average molecular weight is 506 g/mol. The van der Waals surface area contributed by atoms with Gasteiger partial charge in [-0.05, 0) is 46.2 Å². The van der Waals surface area contributed by atoms with Gasteiger partial charge >= 0.3 is 0 Å². The van der Waals surface area contributed by atoms with Crippen LogP contribution in [0.3, 0.4) is 0 Å². The molecule has 6 nitrogen and oxygen atoms in total. The standard InChI is InChI=1S/C32H27NO5/c1-32(2,3)22-14-11-20(12-15-22)28-27(29(34)21-13-16-25-26(17-21)38-18-37-25)30(35)31(36)33(28)24-10-6-8-19-7-4-5-9-23(19)24/h4-17,28,34H,18H2,1-3H3/b29-27+. The van der Waals surface area contributed by atoms with E-state index in [2.05, 4.69) is 20.8 Å². The Morgan fingerprint density at radius 3 is 2.34 bits per heavy atom. The second kappa shape index (κ2) is 8.77. The van der Waals surface area contributed by atoms with E-state index in [4.69, 9.17) is 9.47 Å². The molecular weight excluding hydrogens is 478 g/mol. The predicted octanol–water partition coefficient (Wildman–Crippen LogP) is 6.49. The van der Waals surface area contributed by atoms with Crippen molar-refractivity contribution in [2.24, 2.45) is 0 Å². The zero-order valence-electron chi connectivity index (χ0n) is 21.4. The van der Waals surface area contributed by atoms with Crippen LogP contribution in [0.2, 0.25) is 0 Å². The quantitative estimate of drug-likeness (QED) is 0.196. The Bertz CT molecular complexity index is 1620. The molecule has 1 atom stereocenters. The van der Waals surface area contributed by atoms with Gasteiger partial charge < -0.3 is 14.6 Å². The molecule has 1 N–H and O–H groups in total. The number of rotatable bonds is 3. The van der Waals surface area contributed by atoms with Crippen molar-refractivity contribution in [1.29, 1.82) is 0 Å². The Balaban J connectivity index is 1.57. The third kappa shape index (κ3) is 3.80. The smallest absolute Gasteiger partial charge is 0.300 e. The highest BCUT2D eigenvalue weighted by Gasteiger charge is 2.47. The van der Waals surface area contributed by atoms with E-state index in [1.165, 1.54) is 4.90 Å². The van der Waals surface area contributed by atoms with Crippen molar-refractivity contribution in [3.8, 4) is 11.5 Å². The highest BCUT2D eigenvalue weighted by atomic mass is 16.7. The summed E-state index contributed by atoms with van der Waals surface area (Å²) in [6.07, 6.45) is 0. The van der Waals surface area contributed by atoms with Crippen LogP contribution in [0.1, 0.15) is 43.5 Å². The number of hydrogen-bond acceptors (Lipinski definition) is 5. The van der Waals surface area contributed by atoms with Crippen LogP contribution in [0.5, 0.6) is 11.5 Å². The molecule has 0 spiro atoms. The van der Waals surface area contributed by atoms with E-state index < -0.39 is 17.7 Å². The Kier molecular flexibility index (Phi) is 5.49. The summed E-state index contributed by atoms with van der Waals surface area (Å²) in [4.78, 5) is 28.8. The number of hydrogen-bond donors (Lipinski definition) is 1. The first-order valence-electron chi connectivity index (χ1n) is 12.5. The molecule has 0 saturated carbocycles. The monoisotopic (exact) mass is 505 g/mol. The summed E-state index contributed by atoms with van der Waals surface area (Å²) < 4.78 is 10.9. The number of carbonyl (C=O) groups excluding carboxylic acids is 2. The van der Waals surface area contributed by atoms with Crippen LogP contribution in [0.4, 0.5) is 5.69 Å². The zero-order valence-corrected chi connectivity index (χ0v) is 21.4. The number of carbonyl (C=O) groups is 2. The van der Waals surface area contributed by atoms with E-state index in [-0.39, 0.29) is 23.5 Å². The number of aliphatic hydroxyl groups excluding tert-OH is 1. The summed E-state index contributed by atoms with van der Waals surface area (Å²) >= 11 is 0. The number of amides is 1. The van der Waals surface area contributed by atoms with Crippen LogP contribution in [0.25, 0.3) is 16.5 Å². The molecule has 190 valence electrons. The van der Waals surface area contributed by atoms with Gasteiger partial charge in [0.1, 0.15) is 5.76 Å². The molecule has 1 unspecified atom stereocenters. The molecule has 4 aromatic carbocycles. The first-order chi connectivity index (χ1) is 18.2. The Labute approximate surface area is 220 Å². The summed E-state index contributed by atoms with van der Waals surface area (Å²) in [6, 6.07) is 25.5. The first-order valence-corrected chi connectivity index (χ1v) is 12.5. The van der Waals surface area contributed by atoms with Gasteiger partial charge in [-0.3, -0.25) is 14.5 Å². The lowest BCUT2D eigenvalue weighted by molar-refractivity contribution is -0.132. The van der Waals surface area contributed by atoms with Crippen molar-refractivity contribution < 1.29 is 24.2 Å². The van der Waals surface area contributed by atoms with Crippen molar-refractivity contribution in [3.63, 3.8) is 0 Å². The molecular formula is C32H27NO5. The van der Waals surface area contributed by atoms with E-state index in [1.807, 2.05) is 66.7 Å². The molecule has 1 amide bonds. The van der Waals surface area contributed by atoms with Gasteiger partial charge in [-0.1, -0.05) is 81.4 Å². The second-order valence-corrected chi connectivity index (χ2v) is 10.6. The molecule has 2 aliphatic rings. The van der Waals surface area contributed by atoms with Crippen molar-refractivity contribution in [2.45, 2.75) is 32.2 Å². The summed E-state index contributed by atoms with van der Waals surface area (Å²) in [7, 11) is 0. The maximum atomic E-state index is 13.7. The van der Waals surface area contributed by atoms with E-state index in [1.54, 1.807) is 18.2 Å². The SMILES string of the molecule is CC(C)(C)c1ccc(C2/C(=C(\O)c3ccc4c(c3)OCO4)C(=O)C(=O)N2c2cccc3ccccc23)cc1. The number of benzene rings is 4. The molecule has 1 fully saturated rings. The molecule has 6 heteroatoms. The zero-order chi connectivity index (χ0) is 26.6. The lowest BCUT2D eigenvalue weighted by atomic mass is 9.85. The predicted molar refractivity (Wildman–Crippen MR) is 146 cm³/mol. The summed E-state index contributed by atoms with van der Waals surface area (Å²) in [5, 5.41) is 13.3. The van der Waals surface area contributed by atoms with Gasteiger partial charge in [0.2, 0.25) is 6.79 Å². The Hall–Kier alpha value is -4.58. The molecule has 0 aliphatic carbocycles. The van der Waals surface area contributed by atoms with Crippen LogP contribution in [0.15, 0.2) is 90.5 Å². The highest BCUT2D eigenvalue weighted by Crippen LogP contribution is 2.45. The Morgan fingerprint density at radius 1 is 0.868 bits per heavy atom. The fraction of sp³-hybridized carbons (Fsp3) is 0.188. The first kappa shape index (κ1) is 23.8. The van der Waals surface area contributed by atoms with Crippen LogP contribution >= 0.6 is 0 Å². The largest absolute Gasteiger partial charge is 0.507 e. The van der Waals surface area contributed by atoms with Gasteiger partial charge in [0.15, 0.2) is 11.5 Å². The number of ketones is 1. The van der Waals surface area contributed by atoms with Crippen LogP contribution in [0, 0.1) is 0 Å². The minimum Gasteiger partial charge on any atom is -0.507 e. The van der Waals surface area contributed by atoms with Gasteiger partial charge in [-0.2, -0.15) is 0 Å². The fourth-order valence-electron chi connectivity index (χ4n) is 5.18. The number of nitrogens with zero attached hydrogens (tertiary/aromatic N) is 1. The third-order valence-electron chi connectivity index (χ3n) is 7.21. The van der Waals surface area contributed by atoms with Crippen molar-refractivity contribution >= 4 is 33.9 Å². The maximum Gasteiger partial charge on any atom is 0.300 e. The van der Waals surface area contributed by atoms with Crippen LogP contribution < -0.4 is 14.4 Å². The van der Waals surface area contributed by atoms with Gasteiger partial charge in [-0.25, -0.2) is 0 Å². The van der Waals surface area contributed by atoms with Crippen LogP contribution in [-0.2, 0) is 15.0 Å². The average Bonchev–Trinajstić information content (AvgIpc) is 3.49. The van der Waals surface area contributed by atoms with E-state index in [9.17, 15) is 14.7 Å². The molecule has 4 aromatic rings. The van der Waals surface area contributed by atoms with Gasteiger partial charge in [0, 0.05) is 10.9 Å². The summed E-state index contributed by atoms with van der Waals surface area (Å²) in [6.45, 7) is 6.47. The van der Waals surface area contributed by atoms with E-state index >= 15 is 0 Å². The Morgan fingerprint density at radius 2 is 1.58 bits per heavy atom. The molecule has 38 heavy (non-hydrogen) atoms. The van der Waals surface area contributed by atoms with Crippen molar-refractivity contribution in [1.82, 2.24) is 0 Å². The third-order valence-corrected chi connectivity index (χ3v) is 7.21. The molecule has 0 aromatic heterocycles. The number of aliphatic hydroxyl groups is 1. The topological polar surface area (TPSA) is 76.1 Å². The lowest BCUT2D eigenvalue weighted by Crippen LogP contribution is -2.29. The van der Waals surface area contributed by atoms with Crippen molar-refractivity contribution in [2.75, 3.05) is 11.7 Å². The van der Waals surface area contributed by atoms with Gasteiger partial charge in [-0.15, -0.1) is 0 Å². The summed E-state index contributed by atoms with van der Waals surface area (Å²) in [5.74, 6) is -0.642. The van der Waals surface area contributed by atoms with E-state index in [0.29, 0.717) is 22.7 Å². The normalized spacial score (nSPS) is 18.4. The van der Waals surface area contributed by atoms with Gasteiger partial charge in [0.05, 0.1) is 17.3 Å². The number of Topliss-reactive ketones (excluding diaryl/α,β-unsaturated/α-hetero) is 1. The molecule has 2 heterocycles. The maximum absolute atomic E-state index is 13.7. The molecule has 0 bridgehead atoms. The second-order valence-electron chi connectivity index (χ2n) is 10.6. The number of anilines is 1. The molecule has 2 aliphatic heterocycles. The van der Waals surface area contributed by atoms with E-state index in [0.717, 1.165) is 21.9 Å². The molecule has 6 rings (SSSR count). The number of ether oxygens (including phenoxy) is 2. The van der Waals surface area contributed by atoms with Gasteiger partial charge in [0.25, 0.3) is 11.7 Å². The number of fused-ring (bicyclic) bond motifs is 2. The molecule has 1 saturated heterocycles. The minimum absolute atomic E-state index is 0.0327. The minimum atomic E-state index is -0.819. The molecule has 0 radical (unpaired) electrons. The highest BCUT2D eigenvalue weighted by molar-refractivity contribution is 6.52. The van der Waals surface area contributed by atoms with Crippen molar-refractivity contribution in [3.05, 3.63) is 107 Å². The summed E-state index contributed by atoms with van der Waals surface area (Å²) in [5.41, 5.74) is 2.81. The lowest BCUT2D eigenvalue weighted by Gasteiger charge is -2.27.